The average molecular weight is 626 g/mol. The summed E-state index contributed by atoms with van der Waals surface area (Å²) >= 11 is 7.76. The topological polar surface area (TPSA) is 106 Å². The van der Waals surface area contributed by atoms with E-state index in [0.29, 0.717) is 39.1 Å². The van der Waals surface area contributed by atoms with E-state index in [4.69, 9.17) is 21.1 Å². The molecule has 0 radical (unpaired) electrons. The Kier molecular flexibility index (Phi) is 9.69. The maximum absolute atomic E-state index is 13.0. The molecule has 4 aromatic carbocycles. The van der Waals surface area contributed by atoms with Crippen molar-refractivity contribution in [2.24, 2.45) is 5.10 Å². The first kappa shape index (κ1) is 30.5. The Balaban J connectivity index is 1.19. The third kappa shape index (κ3) is 7.50. The quantitative estimate of drug-likeness (QED) is 0.0727. The largest absolute Gasteiger partial charge is 0.490 e. The predicted molar refractivity (Wildman–Crippen MR) is 174 cm³/mol. The molecule has 2 N–H and O–H groups in total. The Morgan fingerprint density at radius 3 is 2.45 bits per heavy atom. The van der Waals surface area contributed by atoms with Crippen molar-refractivity contribution in [2.45, 2.75) is 20.3 Å². The fourth-order valence-corrected chi connectivity index (χ4v) is 5.81. The number of esters is 1. The summed E-state index contributed by atoms with van der Waals surface area (Å²) in [5.41, 5.74) is 6.03. The van der Waals surface area contributed by atoms with Gasteiger partial charge in [0, 0.05) is 21.3 Å². The van der Waals surface area contributed by atoms with Crippen LogP contribution in [0, 0.1) is 6.92 Å². The molecule has 0 aliphatic carbocycles. The molecule has 2 amide bonds. The van der Waals surface area contributed by atoms with E-state index in [0.717, 1.165) is 21.2 Å². The van der Waals surface area contributed by atoms with Crippen LogP contribution in [0.2, 0.25) is 5.02 Å². The summed E-state index contributed by atoms with van der Waals surface area (Å²) in [6.07, 6.45) is 1.71. The van der Waals surface area contributed by atoms with Crippen molar-refractivity contribution in [3.05, 3.63) is 123 Å². The number of aryl methyl sites for hydroxylation is 1. The van der Waals surface area contributed by atoms with E-state index in [1.54, 1.807) is 42.5 Å². The summed E-state index contributed by atoms with van der Waals surface area (Å²) in [6, 6.07) is 26.7. The fraction of sp³-hybridized carbons (Fsp3) is 0.118. The second-order valence-corrected chi connectivity index (χ2v) is 11.2. The number of carbonyl (C=O) groups is 3. The molecule has 1 heterocycles. The number of hydrogen-bond donors (Lipinski definition) is 2. The Labute approximate surface area is 263 Å². The zero-order valence-electron chi connectivity index (χ0n) is 23.9. The van der Waals surface area contributed by atoms with E-state index in [-0.39, 0.29) is 18.1 Å². The Hall–Kier alpha value is -4.99. The van der Waals surface area contributed by atoms with Crippen molar-refractivity contribution in [3.63, 3.8) is 0 Å². The Morgan fingerprint density at radius 2 is 1.70 bits per heavy atom. The zero-order chi connectivity index (χ0) is 31.1. The van der Waals surface area contributed by atoms with E-state index in [2.05, 4.69) is 15.8 Å². The molecular formula is C34H28ClN3O5S. The van der Waals surface area contributed by atoms with Crippen LogP contribution in [-0.2, 0) is 11.2 Å². The van der Waals surface area contributed by atoms with Crippen LogP contribution in [0.15, 0.2) is 96.1 Å². The molecule has 0 atom stereocenters. The van der Waals surface area contributed by atoms with Crippen LogP contribution >= 0.6 is 22.9 Å². The fourth-order valence-electron chi connectivity index (χ4n) is 4.33. The maximum atomic E-state index is 13.0. The number of carbonyl (C=O) groups excluding carboxylic acids is 3. The van der Waals surface area contributed by atoms with Crippen LogP contribution in [0.5, 0.6) is 11.5 Å². The molecule has 5 rings (SSSR count). The van der Waals surface area contributed by atoms with E-state index < -0.39 is 11.9 Å². The molecule has 0 aliphatic heterocycles. The lowest BCUT2D eigenvalue weighted by Gasteiger charge is -2.11. The van der Waals surface area contributed by atoms with Gasteiger partial charge in [0.15, 0.2) is 11.5 Å². The molecular weight excluding hydrogens is 598 g/mol. The first-order valence-corrected chi connectivity index (χ1v) is 14.9. The van der Waals surface area contributed by atoms with Gasteiger partial charge in [0.05, 0.1) is 24.3 Å². The van der Waals surface area contributed by atoms with Crippen molar-refractivity contribution >= 4 is 62.7 Å². The molecule has 5 aromatic rings. The van der Waals surface area contributed by atoms with E-state index in [1.165, 1.54) is 17.6 Å². The van der Waals surface area contributed by atoms with Gasteiger partial charge in [0.2, 0.25) is 5.91 Å². The molecule has 10 heteroatoms. The second-order valence-electron chi connectivity index (χ2n) is 9.76. The standard InChI is InChI=1S/C34H28ClN3O5S/c1-3-42-28-18-23(10-16-27(28)43-34(41)32-31(35)26-15-9-21(2)17-29(26)44-32)20-36-38-33(40)24-11-13-25(14-12-24)37-30(39)19-22-7-5-4-6-8-22/h4-18,20H,3,19H2,1-2H3,(H,37,39)(H,38,40)/b36-20-. The minimum absolute atomic E-state index is 0.149. The number of nitrogens with zero attached hydrogens (tertiary/aromatic N) is 1. The lowest BCUT2D eigenvalue weighted by Crippen LogP contribution is -2.18. The number of rotatable bonds is 10. The maximum Gasteiger partial charge on any atom is 0.355 e. The monoisotopic (exact) mass is 625 g/mol. The Morgan fingerprint density at radius 1 is 0.932 bits per heavy atom. The van der Waals surface area contributed by atoms with Gasteiger partial charge in [-0.05, 0) is 79.1 Å². The molecule has 44 heavy (non-hydrogen) atoms. The van der Waals surface area contributed by atoms with Crippen LogP contribution in [0.25, 0.3) is 10.1 Å². The highest BCUT2D eigenvalue weighted by Gasteiger charge is 2.21. The lowest BCUT2D eigenvalue weighted by molar-refractivity contribution is -0.115. The number of fused-ring (bicyclic) bond motifs is 1. The minimum atomic E-state index is -0.578. The molecule has 0 spiro atoms. The van der Waals surface area contributed by atoms with Gasteiger partial charge >= 0.3 is 5.97 Å². The van der Waals surface area contributed by atoms with Crippen molar-refractivity contribution in [1.82, 2.24) is 5.43 Å². The van der Waals surface area contributed by atoms with Crippen molar-refractivity contribution < 1.29 is 23.9 Å². The number of benzene rings is 4. The number of thiophene rings is 1. The normalized spacial score (nSPS) is 11.0. The van der Waals surface area contributed by atoms with Gasteiger partial charge in [0.25, 0.3) is 5.91 Å². The molecule has 8 nitrogen and oxygen atoms in total. The highest BCUT2D eigenvalue weighted by Crippen LogP contribution is 2.37. The van der Waals surface area contributed by atoms with Gasteiger partial charge in [0.1, 0.15) is 4.88 Å². The van der Waals surface area contributed by atoms with Crippen molar-refractivity contribution in [2.75, 3.05) is 11.9 Å². The zero-order valence-corrected chi connectivity index (χ0v) is 25.5. The summed E-state index contributed by atoms with van der Waals surface area (Å²) in [6.45, 7) is 4.13. The predicted octanol–water partition coefficient (Wildman–Crippen LogP) is 7.43. The molecule has 0 saturated heterocycles. The number of halogens is 1. The highest BCUT2D eigenvalue weighted by molar-refractivity contribution is 7.21. The summed E-state index contributed by atoms with van der Waals surface area (Å²) in [5.74, 6) is -0.573. The smallest absolute Gasteiger partial charge is 0.355 e. The molecule has 0 aliphatic rings. The number of amides is 2. The summed E-state index contributed by atoms with van der Waals surface area (Å²) in [7, 11) is 0. The van der Waals surface area contributed by atoms with Gasteiger partial charge in [-0.25, -0.2) is 10.2 Å². The molecule has 0 bridgehead atoms. The van der Waals surface area contributed by atoms with Crippen LogP contribution < -0.4 is 20.2 Å². The molecule has 0 saturated carbocycles. The summed E-state index contributed by atoms with van der Waals surface area (Å²) in [4.78, 5) is 38.2. The van der Waals surface area contributed by atoms with Gasteiger partial charge in [-0.3, -0.25) is 9.59 Å². The molecule has 1 aromatic heterocycles. The SMILES string of the molecule is CCOc1cc(/C=N\NC(=O)c2ccc(NC(=O)Cc3ccccc3)cc2)ccc1OC(=O)c1sc2cc(C)ccc2c1Cl. The molecule has 0 fully saturated rings. The average Bonchev–Trinajstić information content (AvgIpc) is 3.34. The van der Waals surface area contributed by atoms with Gasteiger partial charge in [-0.2, -0.15) is 5.10 Å². The van der Waals surface area contributed by atoms with Gasteiger partial charge in [-0.1, -0.05) is 54.1 Å². The molecule has 0 unspecified atom stereocenters. The first-order valence-electron chi connectivity index (χ1n) is 13.8. The van der Waals surface area contributed by atoms with Gasteiger partial charge in [-0.15, -0.1) is 11.3 Å². The number of ether oxygens (including phenoxy) is 2. The lowest BCUT2D eigenvalue weighted by atomic mass is 10.1. The third-order valence-corrected chi connectivity index (χ3v) is 8.10. The minimum Gasteiger partial charge on any atom is -0.490 e. The number of nitrogens with one attached hydrogen (secondary N) is 2. The second kappa shape index (κ2) is 14.0. The van der Waals surface area contributed by atoms with Crippen LogP contribution in [-0.4, -0.2) is 30.6 Å². The summed E-state index contributed by atoms with van der Waals surface area (Å²) < 4.78 is 12.3. The number of hydrazone groups is 1. The molecule has 222 valence electrons. The number of hydrogen-bond acceptors (Lipinski definition) is 7. The first-order chi connectivity index (χ1) is 21.3. The van der Waals surface area contributed by atoms with Crippen LogP contribution in [0.3, 0.4) is 0 Å². The van der Waals surface area contributed by atoms with Gasteiger partial charge < -0.3 is 14.8 Å². The Bertz CT molecular complexity index is 1850. The highest BCUT2D eigenvalue weighted by atomic mass is 35.5. The summed E-state index contributed by atoms with van der Waals surface area (Å²) in [5, 5.41) is 8.02. The van der Waals surface area contributed by atoms with Crippen LogP contribution in [0.1, 0.15) is 43.6 Å². The number of anilines is 1. The van der Waals surface area contributed by atoms with E-state index in [1.807, 2.05) is 62.4 Å². The van der Waals surface area contributed by atoms with Crippen LogP contribution in [0.4, 0.5) is 5.69 Å². The van der Waals surface area contributed by atoms with E-state index in [9.17, 15) is 14.4 Å². The third-order valence-electron chi connectivity index (χ3n) is 6.46. The van der Waals surface area contributed by atoms with Crippen molar-refractivity contribution in [1.29, 1.82) is 0 Å². The van der Waals surface area contributed by atoms with E-state index >= 15 is 0 Å². The van der Waals surface area contributed by atoms with Crippen molar-refractivity contribution in [3.8, 4) is 11.5 Å².